The lowest BCUT2D eigenvalue weighted by molar-refractivity contribution is 0.0961. The van der Waals surface area contributed by atoms with Crippen LogP contribution in [0, 0.1) is 0 Å². The van der Waals surface area contributed by atoms with Gasteiger partial charge in [0.1, 0.15) is 0 Å². The molecule has 27 heavy (non-hydrogen) atoms. The average molecular weight is 388 g/mol. The van der Waals surface area contributed by atoms with E-state index in [1.807, 2.05) is 12.1 Å². The fourth-order valence-electron chi connectivity index (χ4n) is 4.23. The monoisotopic (exact) mass is 387 g/mol. The smallest absolute Gasteiger partial charge is 0.243 e. The van der Waals surface area contributed by atoms with Crippen molar-refractivity contribution in [2.24, 2.45) is 7.05 Å². The SMILES string of the molecule is Cn1cc(C(=O)C[C@H]2CCCN2S(=O)(=O)c2ccc3c(c2)CCCC3)cn1. The van der Waals surface area contributed by atoms with Crippen molar-refractivity contribution in [2.45, 2.75) is 55.9 Å². The van der Waals surface area contributed by atoms with Gasteiger partial charge in [-0.15, -0.1) is 0 Å². The van der Waals surface area contributed by atoms with Gasteiger partial charge in [-0.25, -0.2) is 8.42 Å². The Bertz CT molecular complexity index is 965. The molecule has 4 rings (SSSR count). The third-order valence-corrected chi connectivity index (χ3v) is 7.65. The van der Waals surface area contributed by atoms with Crippen molar-refractivity contribution in [3.05, 3.63) is 47.3 Å². The van der Waals surface area contributed by atoms with Gasteiger partial charge in [0.15, 0.2) is 5.78 Å². The van der Waals surface area contributed by atoms with E-state index in [0.29, 0.717) is 17.0 Å². The first-order valence-corrected chi connectivity index (χ1v) is 11.0. The highest BCUT2D eigenvalue weighted by molar-refractivity contribution is 7.89. The van der Waals surface area contributed by atoms with E-state index >= 15 is 0 Å². The summed E-state index contributed by atoms with van der Waals surface area (Å²) < 4.78 is 29.6. The number of Topliss-reactive ketones (excluding diaryl/α,β-unsaturated/α-hetero) is 1. The maximum absolute atomic E-state index is 13.3. The highest BCUT2D eigenvalue weighted by Gasteiger charge is 2.36. The van der Waals surface area contributed by atoms with Crippen LogP contribution in [0.5, 0.6) is 0 Å². The number of fused-ring (bicyclic) bond motifs is 1. The molecule has 0 saturated carbocycles. The van der Waals surface area contributed by atoms with Gasteiger partial charge in [0.05, 0.1) is 16.7 Å². The Morgan fingerprint density at radius 3 is 2.70 bits per heavy atom. The van der Waals surface area contributed by atoms with E-state index in [1.165, 1.54) is 16.3 Å². The summed E-state index contributed by atoms with van der Waals surface area (Å²) in [4.78, 5) is 12.9. The average Bonchev–Trinajstić information content (AvgIpc) is 3.30. The summed E-state index contributed by atoms with van der Waals surface area (Å²) in [6.07, 6.45) is 9.19. The highest BCUT2D eigenvalue weighted by atomic mass is 32.2. The molecule has 7 heteroatoms. The third kappa shape index (κ3) is 3.58. The largest absolute Gasteiger partial charge is 0.294 e. The third-order valence-electron chi connectivity index (χ3n) is 5.70. The lowest BCUT2D eigenvalue weighted by atomic mass is 9.92. The van der Waals surface area contributed by atoms with Crippen molar-refractivity contribution >= 4 is 15.8 Å². The van der Waals surface area contributed by atoms with E-state index < -0.39 is 10.0 Å². The number of carbonyl (C=O) groups excluding carboxylic acids is 1. The van der Waals surface area contributed by atoms with Crippen LogP contribution in [0.4, 0.5) is 0 Å². The summed E-state index contributed by atoms with van der Waals surface area (Å²) in [6.45, 7) is 0.477. The lowest BCUT2D eigenvalue weighted by Gasteiger charge is -2.24. The van der Waals surface area contributed by atoms with Crippen molar-refractivity contribution in [3.63, 3.8) is 0 Å². The molecule has 1 aliphatic heterocycles. The second-order valence-corrected chi connectivity index (χ2v) is 9.47. The van der Waals surface area contributed by atoms with Crippen LogP contribution in [0.1, 0.15) is 53.6 Å². The fourth-order valence-corrected chi connectivity index (χ4v) is 5.98. The van der Waals surface area contributed by atoms with Gasteiger partial charge in [-0.1, -0.05) is 6.07 Å². The van der Waals surface area contributed by atoms with Gasteiger partial charge in [0.25, 0.3) is 0 Å². The summed E-state index contributed by atoms with van der Waals surface area (Å²) in [7, 11) is -1.82. The Labute approximate surface area is 160 Å². The molecule has 1 saturated heterocycles. The Morgan fingerprint density at radius 1 is 1.19 bits per heavy atom. The predicted molar refractivity (Wildman–Crippen MR) is 102 cm³/mol. The Kier molecular flexibility index (Phi) is 4.90. The molecule has 0 unspecified atom stereocenters. The van der Waals surface area contributed by atoms with Crippen molar-refractivity contribution in [2.75, 3.05) is 6.54 Å². The number of benzene rings is 1. The molecule has 2 aliphatic rings. The minimum absolute atomic E-state index is 0.0550. The van der Waals surface area contributed by atoms with Crippen LogP contribution in [0.3, 0.4) is 0 Å². The van der Waals surface area contributed by atoms with Crippen molar-refractivity contribution in [1.82, 2.24) is 14.1 Å². The molecule has 2 heterocycles. The van der Waals surface area contributed by atoms with Crippen LogP contribution in [0.2, 0.25) is 0 Å². The van der Waals surface area contributed by atoms with Crippen LogP contribution in [0.25, 0.3) is 0 Å². The first-order valence-electron chi connectivity index (χ1n) is 9.60. The molecule has 1 aliphatic carbocycles. The Hall–Kier alpha value is -1.99. The maximum Gasteiger partial charge on any atom is 0.243 e. The van der Waals surface area contributed by atoms with Gasteiger partial charge in [-0.3, -0.25) is 9.48 Å². The molecule has 2 aromatic rings. The van der Waals surface area contributed by atoms with Gasteiger partial charge < -0.3 is 0 Å². The number of hydrogen-bond acceptors (Lipinski definition) is 4. The van der Waals surface area contributed by atoms with Crippen molar-refractivity contribution in [1.29, 1.82) is 0 Å². The minimum Gasteiger partial charge on any atom is -0.294 e. The maximum atomic E-state index is 13.3. The quantitative estimate of drug-likeness (QED) is 0.740. The van der Waals surface area contributed by atoms with E-state index in [1.54, 1.807) is 30.2 Å². The van der Waals surface area contributed by atoms with Gasteiger partial charge in [-0.2, -0.15) is 9.40 Å². The first kappa shape index (κ1) is 18.4. The molecule has 1 aromatic heterocycles. The number of ketones is 1. The molecule has 144 valence electrons. The van der Waals surface area contributed by atoms with Crippen molar-refractivity contribution < 1.29 is 13.2 Å². The van der Waals surface area contributed by atoms with E-state index in [9.17, 15) is 13.2 Å². The number of carbonyl (C=O) groups is 1. The summed E-state index contributed by atoms with van der Waals surface area (Å²) >= 11 is 0. The number of nitrogens with zero attached hydrogens (tertiary/aromatic N) is 3. The summed E-state index contributed by atoms with van der Waals surface area (Å²) in [5, 5.41) is 4.03. The Morgan fingerprint density at radius 2 is 1.96 bits per heavy atom. The molecule has 0 bridgehead atoms. The molecule has 0 amide bonds. The van der Waals surface area contributed by atoms with Crippen molar-refractivity contribution in [3.8, 4) is 0 Å². The highest BCUT2D eigenvalue weighted by Crippen LogP contribution is 2.31. The van der Waals surface area contributed by atoms with E-state index in [4.69, 9.17) is 0 Å². The molecule has 1 fully saturated rings. The predicted octanol–water partition coefficient (Wildman–Crippen LogP) is 2.73. The van der Waals surface area contributed by atoms with Gasteiger partial charge >= 0.3 is 0 Å². The molecular weight excluding hydrogens is 362 g/mol. The number of hydrogen-bond donors (Lipinski definition) is 0. The normalized spacial score (nSPS) is 20.6. The molecule has 0 N–H and O–H groups in total. The molecule has 0 spiro atoms. The zero-order valence-corrected chi connectivity index (χ0v) is 16.4. The molecule has 6 nitrogen and oxygen atoms in total. The van der Waals surface area contributed by atoms with E-state index in [-0.39, 0.29) is 18.2 Å². The van der Waals surface area contributed by atoms with E-state index in [0.717, 1.165) is 37.7 Å². The van der Waals surface area contributed by atoms with Crippen LogP contribution in [0.15, 0.2) is 35.5 Å². The summed E-state index contributed by atoms with van der Waals surface area (Å²) in [6, 6.07) is 5.27. The second-order valence-electron chi connectivity index (χ2n) is 7.58. The zero-order chi connectivity index (χ0) is 19.0. The van der Waals surface area contributed by atoms with Crippen LogP contribution >= 0.6 is 0 Å². The molecular formula is C20H25N3O3S. The molecule has 0 radical (unpaired) electrons. The second kappa shape index (κ2) is 7.20. The first-order chi connectivity index (χ1) is 12.9. The lowest BCUT2D eigenvalue weighted by Crippen LogP contribution is -2.37. The molecule has 1 aromatic carbocycles. The van der Waals surface area contributed by atoms with Gasteiger partial charge in [-0.05, 0) is 61.8 Å². The van der Waals surface area contributed by atoms with Gasteiger partial charge in [0.2, 0.25) is 10.0 Å². The topological polar surface area (TPSA) is 72.3 Å². The zero-order valence-electron chi connectivity index (χ0n) is 15.6. The fraction of sp³-hybridized carbons (Fsp3) is 0.500. The summed E-state index contributed by atoms with van der Waals surface area (Å²) in [5.74, 6) is -0.0550. The minimum atomic E-state index is -3.58. The number of aromatic nitrogens is 2. The Balaban J connectivity index is 1.56. The summed E-state index contributed by atoms with van der Waals surface area (Å²) in [5.41, 5.74) is 2.96. The van der Waals surface area contributed by atoms with Crippen LogP contribution in [-0.2, 0) is 29.9 Å². The van der Waals surface area contributed by atoms with Gasteiger partial charge in [0, 0.05) is 32.3 Å². The number of sulfonamides is 1. The number of rotatable bonds is 5. The van der Waals surface area contributed by atoms with Crippen LogP contribution in [-0.4, -0.2) is 40.9 Å². The van der Waals surface area contributed by atoms with E-state index in [2.05, 4.69) is 5.10 Å². The van der Waals surface area contributed by atoms with Crippen LogP contribution < -0.4 is 0 Å². The standard InChI is InChI=1S/C20H25N3O3S/c1-22-14-17(13-21-22)20(24)12-18-7-4-10-23(18)27(25,26)19-9-8-15-5-2-3-6-16(15)11-19/h8-9,11,13-14,18H,2-7,10,12H2,1H3/t18-/m1/s1. The molecule has 1 atom stereocenters. The number of aryl methyl sites for hydroxylation is 3.